The highest BCUT2D eigenvalue weighted by atomic mass is 32.2. The second kappa shape index (κ2) is 12.9. The van der Waals surface area contributed by atoms with E-state index in [1.54, 1.807) is 23.9 Å². The van der Waals surface area contributed by atoms with Gasteiger partial charge in [0, 0.05) is 22.0 Å². The summed E-state index contributed by atoms with van der Waals surface area (Å²) in [7, 11) is 0. The molecule has 0 aliphatic heterocycles. The summed E-state index contributed by atoms with van der Waals surface area (Å²) in [5.41, 5.74) is 21.1. The van der Waals surface area contributed by atoms with E-state index in [9.17, 15) is 4.79 Å². The number of rotatable bonds is 10. The Kier molecular flexibility index (Phi) is 8.72. The second-order valence-corrected chi connectivity index (χ2v) is 10.6. The van der Waals surface area contributed by atoms with Gasteiger partial charge < -0.3 is 21.3 Å². The maximum absolute atomic E-state index is 10.7. The van der Waals surface area contributed by atoms with Gasteiger partial charge in [-0.1, -0.05) is 78.9 Å². The summed E-state index contributed by atoms with van der Waals surface area (Å²) >= 11 is 1.70. The molecule has 5 aromatic rings. The van der Waals surface area contributed by atoms with Gasteiger partial charge in [-0.05, 0) is 87.5 Å². The van der Waals surface area contributed by atoms with E-state index in [0.717, 1.165) is 61.0 Å². The van der Waals surface area contributed by atoms with Crippen LogP contribution < -0.4 is 16.2 Å². The van der Waals surface area contributed by atoms with Crippen molar-refractivity contribution in [2.45, 2.75) is 4.90 Å². The Balaban J connectivity index is 1.38. The minimum Gasteiger partial charge on any atom is -0.482 e. The number of nitrogen functional groups attached to an aromatic ring is 2. The predicted octanol–water partition coefficient (Wildman–Crippen LogP) is 7.87. The molecule has 41 heavy (non-hydrogen) atoms. The highest BCUT2D eigenvalue weighted by Gasteiger charge is 2.08. The fourth-order valence-electron chi connectivity index (χ4n) is 4.44. The molecule has 0 bridgehead atoms. The first-order valence-electron chi connectivity index (χ1n) is 13.1. The number of carbonyl (C=O) groups is 1. The number of nitrogens with two attached hydrogens (primary N) is 2. The number of hydrogen-bond acceptors (Lipinski definition) is 5. The van der Waals surface area contributed by atoms with Crippen LogP contribution in [0.1, 0.15) is 11.1 Å². The molecule has 0 unspecified atom stereocenters. The van der Waals surface area contributed by atoms with Crippen LogP contribution in [0, 0.1) is 0 Å². The highest BCUT2D eigenvalue weighted by molar-refractivity contribution is 7.99. The molecular formula is C35H30N2O3S. The molecule has 5 nitrogen and oxygen atoms in total. The summed E-state index contributed by atoms with van der Waals surface area (Å²) in [6.45, 7) is -0.354. The smallest absolute Gasteiger partial charge is 0.341 e. The molecule has 0 saturated carbocycles. The van der Waals surface area contributed by atoms with Crippen LogP contribution in [0.3, 0.4) is 0 Å². The van der Waals surface area contributed by atoms with Crippen molar-refractivity contribution in [3.05, 3.63) is 139 Å². The van der Waals surface area contributed by atoms with E-state index in [4.69, 9.17) is 21.3 Å². The van der Waals surface area contributed by atoms with E-state index in [1.165, 1.54) is 0 Å². The van der Waals surface area contributed by atoms with Crippen LogP contribution in [0.15, 0.2) is 132 Å². The van der Waals surface area contributed by atoms with Crippen LogP contribution in [-0.4, -0.2) is 23.4 Å². The van der Waals surface area contributed by atoms with Gasteiger partial charge >= 0.3 is 5.97 Å². The number of hydrogen-bond donors (Lipinski definition) is 3. The van der Waals surface area contributed by atoms with Crippen molar-refractivity contribution >= 4 is 34.7 Å². The molecule has 5 rings (SSSR count). The summed E-state index contributed by atoms with van der Waals surface area (Å²) in [6.07, 6.45) is 2.25. The van der Waals surface area contributed by atoms with Gasteiger partial charge in [0.25, 0.3) is 0 Å². The average Bonchev–Trinajstić information content (AvgIpc) is 3.00. The maximum Gasteiger partial charge on any atom is 0.341 e. The van der Waals surface area contributed by atoms with Gasteiger partial charge in [-0.25, -0.2) is 4.79 Å². The molecule has 0 amide bonds. The van der Waals surface area contributed by atoms with Gasteiger partial charge in [0.1, 0.15) is 5.75 Å². The molecule has 204 valence electrons. The Hall–Kier alpha value is -4.94. The van der Waals surface area contributed by atoms with E-state index in [0.29, 0.717) is 5.75 Å². The van der Waals surface area contributed by atoms with Crippen LogP contribution in [0.5, 0.6) is 5.75 Å². The predicted molar refractivity (Wildman–Crippen MR) is 170 cm³/mol. The first kappa shape index (κ1) is 27.6. The van der Waals surface area contributed by atoms with Crippen LogP contribution in [0.4, 0.5) is 11.4 Å². The zero-order valence-corrected chi connectivity index (χ0v) is 23.2. The molecule has 0 heterocycles. The molecule has 5 aromatic carbocycles. The summed E-state index contributed by atoms with van der Waals surface area (Å²) < 4.78 is 5.24. The second-order valence-electron chi connectivity index (χ2n) is 9.48. The molecule has 0 aliphatic carbocycles. The molecular weight excluding hydrogens is 528 g/mol. The van der Waals surface area contributed by atoms with E-state index < -0.39 is 5.97 Å². The Morgan fingerprint density at radius 1 is 0.634 bits per heavy atom. The zero-order chi connectivity index (χ0) is 28.6. The van der Waals surface area contributed by atoms with Gasteiger partial charge in [-0.3, -0.25) is 0 Å². The third-order valence-corrected chi connectivity index (χ3v) is 7.54. The van der Waals surface area contributed by atoms with E-state index >= 15 is 0 Å². The molecule has 0 radical (unpaired) electrons. The lowest BCUT2D eigenvalue weighted by molar-refractivity contribution is -0.139. The lowest BCUT2D eigenvalue weighted by Gasteiger charge is -2.12. The SMILES string of the molecule is Nc1ccc(-c2ccc(C(=CCSc3ccc(OCC(=O)O)cc3)c3ccc(-c4ccc(N)cc4)cc3)cc2)cc1. The summed E-state index contributed by atoms with van der Waals surface area (Å²) in [5, 5.41) is 8.81. The van der Waals surface area contributed by atoms with Gasteiger partial charge in [0.15, 0.2) is 6.61 Å². The van der Waals surface area contributed by atoms with Crippen LogP contribution >= 0.6 is 11.8 Å². The van der Waals surface area contributed by atoms with Crippen LogP contribution in [0.2, 0.25) is 0 Å². The third kappa shape index (κ3) is 7.38. The molecule has 0 fully saturated rings. The molecule has 0 aromatic heterocycles. The fraction of sp³-hybridized carbons (Fsp3) is 0.0571. The number of anilines is 2. The Labute approximate surface area is 244 Å². The van der Waals surface area contributed by atoms with Gasteiger partial charge in [-0.2, -0.15) is 0 Å². The quantitative estimate of drug-likeness (QED) is 0.119. The van der Waals surface area contributed by atoms with Gasteiger partial charge in [0.2, 0.25) is 0 Å². The molecule has 5 N–H and O–H groups in total. The highest BCUT2D eigenvalue weighted by Crippen LogP contribution is 2.31. The van der Waals surface area contributed by atoms with E-state index in [1.807, 2.05) is 60.7 Å². The molecule has 0 aliphatic rings. The molecule has 0 saturated heterocycles. The molecule has 0 spiro atoms. The van der Waals surface area contributed by atoms with Gasteiger partial charge in [0.05, 0.1) is 0 Å². The number of aliphatic carboxylic acids is 1. The maximum atomic E-state index is 10.7. The summed E-state index contributed by atoms with van der Waals surface area (Å²) in [6, 6.07) is 40.5. The zero-order valence-electron chi connectivity index (χ0n) is 22.4. The molecule has 6 heteroatoms. The van der Waals surface area contributed by atoms with Crippen LogP contribution in [-0.2, 0) is 4.79 Å². The van der Waals surface area contributed by atoms with Crippen LogP contribution in [0.25, 0.3) is 27.8 Å². The normalized spacial score (nSPS) is 10.6. The number of carboxylic acids is 1. The van der Waals surface area contributed by atoms with Crippen molar-refractivity contribution in [3.8, 4) is 28.0 Å². The van der Waals surface area contributed by atoms with Crippen molar-refractivity contribution in [2.75, 3.05) is 23.8 Å². The third-order valence-electron chi connectivity index (χ3n) is 6.60. The molecule has 0 atom stereocenters. The van der Waals surface area contributed by atoms with Gasteiger partial charge in [-0.15, -0.1) is 11.8 Å². The number of ether oxygens (including phenoxy) is 1. The van der Waals surface area contributed by atoms with E-state index in [-0.39, 0.29) is 6.61 Å². The summed E-state index contributed by atoms with van der Waals surface area (Å²) in [5.74, 6) is 0.295. The van der Waals surface area contributed by atoms with Crippen molar-refractivity contribution in [2.24, 2.45) is 0 Å². The Morgan fingerprint density at radius 3 is 1.46 bits per heavy atom. The average molecular weight is 559 g/mol. The summed E-state index contributed by atoms with van der Waals surface area (Å²) in [4.78, 5) is 11.8. The Bertz CT molecular complexity index is 1540. The standard InChI is InChI=1S/C35H30N2O3S/c36-30-13-9-26(10-14-30)24-1-5-28(6-2-24)34(21-22-41-33-19-17-32(18-20-33)40-23-35(38)39)29-7-3-25(4-8-29)27-11-15-31(37)16-12-27/h1-21H,22-23,36-37H2,(H,38,39). The van der Waals surface area contributed by atoms with Crippen molar-refractivity contribution in [3.63, 3.8) is 0 Å². The van der Waals surface area contributed by atoms with E-state index in [2.05, 4.69) is 54.6 Å². The van der Waals surface area contributed by atoms with Crippen molar-refractivity contribution < 1.29 is 14.6 Å². The number of carboxylic acid groups (broad SMARTS) is 1. The van der Waals surface area contributed by atoms with Crippen molar-refractivity contribution in [1.82, 2.24) is 0 Å². The lowest BCUT2D eigenvalue weighted by atomic mass is 9.94. The minimum atomic E-state index is -0.996. The lowest BCUT2D eigenvalue weighted by Crippen LogP contribution is -2.09. The first-order chi connectivity index (χ1) is 19.9. The monoisotopic (exact) mass is 558 g/mol. The van der Waals surface area contributed by atoms with Crippen molar-refractivity contribution in [1.29, 1.82) is 0 Å². The number of benzene rings is 5. The largest absolute Gasteiger partial charge is 0.482 e. The number of thioether (sulfide) groups is 1. The minimum absolute atomic E-state index is 0.354. The Morgan fingerprint density at radius 2 is 1.05 bits per heavy atom. The fourth-order valence-corrected chi connectivity index (χ4v) is 5.21. The topological polar surface area (TPSA) is 98.6 Å². The first-order valence-corrected chi connectivity index (χ1v) is 14.1.